The fraction of sp³-hybridized carbons (Fsp3) is 0.632. The summed E-state index contributed by atoms with van der Waals surface area (Å²) in [4.78, 5) is 56.1. The Bertz CT molecular complexity index is 903. The van der Waals surface area contributed by atoms with Crippen LogP contribution in [0.2, 0.25) is 0 Å². The molecule has 5 atom stereocenters. The lowest BCUT2D eigenvalue weighted by atomic mass is 10.1. The molecule has 2 fully saturated rings. The number of carbonyl (C=O) groups excluding carboxylic acids is 3. The number of fused-ring (bicyclic) bond motifs is 1. The van der Waals surface area contributed by atoms with Gasteiger partial charge in [0.2, 0.25) is 0 Å². The molecule has 0 unspecified atom stereocenters. The molecule has 3 rings (SSSR count). The first-order valence-electron chi connectivity index (χ1n) is 10.3. The van der Waals surface area contributed by atoms with Gasteiger partial charge in [-0.15, -0.1) is 0 Å². The van der Waals surface area contributed by atoms with E-state index in [2.05, 4.69) is 10.5 Å². The maximum Gasteiger partial charge on any atom is 0.509 e. The summed E-state index contributed by atoms with van der Waals surface area (Å²) >= 11 is 0. The van der Waals surface area contributed by atoms with Crippen LogP contribution < -0.4 is 16.9 Å². The molecule has 0 radical (unpaired) electrons. The van der Waals surface area contributed by atoms with Gasteiger partial charge in [0.05, 0.1) is 0 Å². The first-order valence-corrected chi connectivity index (χ1v) is 10.3. The summed E-state index contributed by atoms with van der Waals surface area (Å²) in [6.45, 7) is 3.24. The standard InChI is InChI=1S/C19H26N4O9/c1-3-4-5-6-13(24)32-22-12-7-8-23(18(26)21-12)16-15-14(30-19(27)31-15)11(29-16)9-28-17(25)10(2)20/h7-8,10-11,14-16H,3-6,9,20H2,1-2H3,(H,21,22,26)/t10-,11+,14+,15+,16+/m0/s1. The van der Waals surface area contributed by atoms with E-state index in [1.165, 1.54) is 19.2 Å². The lowest BCUT2D eigenvalue weighted by Crippen LogP contribution is -2.36. The largest absolute Gasteiger partial charge is 0.509 e. The van der Waals surface area contributed by atoms with Crippen molar-refractivity contribution in [2.45, 2.75) is 70.1 Å². The third kappa shape index (κ3) is 5.53. The van der Waals surface area contributed by atoms with Crippen LogP contribution in [0.1, 0.15) is 45.8 Å². The van der Waals surface area contributed by atoms with Gasteiger partial charge in [-0.25, -0.2) is 19.9 Å². The smallest absolute Gasteiger partial charge is 0.462 e. The van der Waals surface area contributed by atoms with E-state index >= 15 is 0 Å². The van der Waals surface area contributed by atoms with E-state index in [0.29, 0.717) is 6.42 Å². The molecule has 3 N–H and O–H groups in total. The van der Waals surface area contributed by atoms with E-state index in [0.717, 1.165) is 17.4 Å². The van der Waals surface area contributed by atoms with Crippen molar-refractivity contribution in [2.75, 3.05) is 12.1 Å². The molecule has 0 aliphatic carbocycles. The summed E-state index contributed by atoms with van der Waals surface area (Å²) in [6, 6.07) is 0.554. The predicted molar refractivity (Wildman–Crippen MR) is 106 cm³/mol. The van der Waals surface area contributed by atoms with Gasteiger partial charge in [-0.3, -0.25) is 9.36 Å². The van der Waals surface area contributed by atoms with E-state index in [4.69, 9.17) is 29.5 Å². The summed E-state index contributed by atoms with van der Waals surface area (Å²) in [6.07, 6.45) is -0.513. The summed E-state index contributed by atoms with van der Waals surface area (Å²) in [5, 5.41) is 0. The molecule has 0 aromatic carbocycles. The number of nitrogens with one attached hydrogen (secondary N) is 1. The summed E-state index contributed by atoms with van der Waals surface area (Å²) in [5.74, 6) is -1.10. The highest BCUT2D eigenvalue weighted by Gasteiger charge is 2.55. The number of hydrogen-bond acceptors (Lipinski definition) is 12. The molecule has 0 saturated carbocycles. The zero-order valence-electron chi connectivity index (χ0n) is 17.7. The molecule has 2 saturated heterocycles. The van der Waals surface area contributed by atoms with Gasteiger partial charge in [0, 0.05) is 18.7 Å². The fourth-order valence-corrected chi connectivity index (χ4v) is 3.22. The maximum atomic E-state index is 12.5. The Kier molecular flexibility index (Phi) is 7.64. The van der Waals surface area contributed by atoms with Crippen LogP contribution in [-0.4, -0.2) is 58.6 Å². The third-order valence-corrected chi connectivity index (χ3v) is 4.87. The molecule has 32 heavy (non-hydrogen) atoms. The zero-order chi connectivity index (χ0) is 23.3. The van der Waals surface area contributed by atoms with Gasteiger partial charge in [0.1, 0.15) is 18.8 Å². The van der Waals surface area contributed by atoms with Crippen LogP contribution in [0.4, 0.5) is 10.6 Å². The number of aromatic nitrogens is 2. The van der Waals surface area contributed by atoms with Crippen molar-refractivity contribution in [2.24, 2.45) is 5.73 Å². The molecular weight excluding hydrogens is 428 g/mol. The van der Waals surface area contributed by atoms with Crippen molar-refractivity contribution in [3.63, 3.8) is 0 Å². The van der Waals surface area contributed by atoms with Gasteiger partial charge in [0.25, 0.3) is 0 Å². The van der Waals surface area contributed by atoms with Crippen molar-refractivity contribution in [1.29, 1.82) is 0 Å². The van der Waals surface area contributed by atoms with E-state index in [1.54, 1.807) is 0 Å². The molecule has 2 aliphatic rings. The second-order valence-electron chi connectivity index (χ2n) is 7.43. The summed E-state index contributed by atoms with van der Waals surface area (Å²) < 4.78 is 22.1. The van der Waals surface area contributed by atoms with Crippen molar-refractivity contribution in [3.05, 3.63) is 22.7 Å². The molecule has 3 heterocycles. The van der Waals surface area contributed by atoms with Crippen LogP contribution >= 0.6 is 0 Å². The Hall–Kier alpha value is -3.19. The highest BCUT2D eigenvalue weighted by Crippen LogP contribution is 2.37. The average Bonchev–Trinajstić information content (AvgIpc) is 3.28. The Morgan fingerprint density at radius 3 is 2.72 bits per heavy atom. The number of carbonyl (C=O) groups is 3. The van der Waals surface area contributed by atoms with E-state index in [-0.39, 0.29) is 18.8 Å². The third-order valence-electron chi connectivity index (χ3n) is 4.87. The molecule has 1 aromatic rings. The minimum Gasteiger partial charge on any atom is -0.462 e. The lowest BCUT2D eigenvalue weighted by molar-refractivity contribution is -0.151. The van der Waals surface area contributed by atoms with Crippen molar-refractivity contribution >= 4 is 23.9 Å². The van der Waals surface area contributed by atoms with Gasteiger partial charge in [0.15, 0.2) is 24.3 Å². The van der Waals surface area contributed by atoms with Gasteiger partial charge in [-0.1, -0.05) is 19.8 Å². The van der Waals surface area contributed by atoms with Gasteiger partial charge < -0.3 is 29.5 Å². The van der Waals surface area contributed by atoms with Crippen molar-refractivity contribution < 1.29 is 38.2 Å². The Morgan fingerprint density at radius 2 is 2.03 bits per heavy atom. The van der Waals surface area contributed by atoms with Crippen LogP contribution in [0.25, 0.3) is 0 Å². The van der Waals surface area contributed by atoms with Crippen LogP contribution in [0.3, 0.4) is 0 Å². The highest BCUT2D eigenvalue weighted by molar-refractivity contribution is 5.74. The zero-order valence-corrected chi connectivity index (χ0v) is 17.7. The van der Waals surface area contributed by atoms with Crippen LogP contribution in [0.15, 0.2) is 17.1 Å². The number of hydrogen-bond donors (Lipinski definition) is 2. The van der Waals surface area contributed by atoms with E-state index in [1.807, 2.05) is 6.92 Å². The SMILES string of the molecule is CCCCCC(=O)ONc1ccn([C@@H]2O[C@H](COC(=O)[C@H](C)N)[C@H]3OC(=O)O[C@H]32)c(=O)n1. The molecular formula is C19H26N4O9. The molecule has 2 aliphatic heterocycles. The highest BCUT2D eigenvalue weighted by atomic mass is 16.8. The van der Waals surface area contributed by atoms with Crippen LogP contribution in [-0.2, 0) is 33.4 Å². The molecule has 1 aromatic heterocycles. The van der Waals surface area contributed by atoms with Crippen molar-refractivity contribution in [3.8, 4) is 0 Å². The number of esters is 1. The minimum absolute atomic E-state index is 0.0201. The number of unbranched alkanes of at least 4 members (excludes halogenated alkanes) is 2. The fourth-order valence-electron chi connectivity index (χ4n) is 3.22. The molecule has 0 amide bonds. The first kappa shape index (κ1) is 23.5. The van der Waals surface area contributed by atoms with Gasteiger partial charge in [-0.2, -0.15) is 4.98 Å². The molecule has 0 spiro atoms. The Labute approximate surface area is 183 Å². The topological polar surface area (TPSA) is 170 Å². The summed E-state index contributed by atoms with van der Waals surface area (Å²) in [7, 11) is 0. The van der Waals surface area contributed by atoms with Crippen LogP contribution in [0, 0.1) is 0 Å². The van der Waals surface area contributed by atoms with E-state index < -0.39 is 54.4 Å². The minimum atomic E-state index is -1.06. The second kappa shape index (κ2) is 10.4. The van der Waals surface area contributed by atoms with Gasteiger partial charge in [-0.05, 0) is 13.3 Å². The second-order valence-corrected chi connectivity index (χ2v) is 7.43. The Balaban J connectivity index is 1.65. The molecule has 13 heteroatoms. The normalized spacial score (nSPS) is 24.8. The number of nitrogens with zero attached hydrogens (tertiary/aromatic N) is 2. The number of nitrogens with two attached hydrogens (primary N) is 1. The number of rotatable bonds is 10. The molecule has 176 valence electrons. The number of ether oxygens (including phenoxy) is 4. The predicted octanol–water partition coefficient (Wildman–Crippen LogP) is 0.386. The Morgan fingerprint density at radius 1 is 1.28 bits per heavy atom. The monoisotopic (exact) mass is 454 g/mol. The summed E-state index contributed by atoms with van der Waals surface area (Å²) in [5.41, 5.74) is 7.05. The van der Waals surface area contributed by atoms with Crippen LogP contribution in [0.5, 0.6) is 0 Å². The van der Waals surface area contributed by atoms with Gasteiger partial charge >= 0.3 is 23.8 Å². The first-order chi connectivity index (χ1) is 15.3. The molecule has 13 nitrogen and oxygen atoms in total. The van der Waals surface area contributed by atoms with Crippen molar-refractivity contribution in [1.82, 2.24) is 9.55 Å². The van der Waals surface area contributed by atoms with E-state index in [9.17, 15) is 19.2 Å². The lowest BCUT2D eigenvalue weighted by Gasteiger charge is -2.18. The number of anilines is 1. The quantitative estimate of drug-likeness (QED) is 0.216. The molecule has 0 bridgehead atoms. The average molecular weight is 454 g/mol. The maximum absolute atomic E-state index is 12.5.